The molecule has 0 bridgehead atoms. The van der Waals surface area contributed by atoms with Crippen molar-refractivity contribution < 1.29 is 19.7 Å². The number of ether oxygens (including phenoxy) is 1. The van der Waals surface area contributed by atoms with Gasteiger partial charge in [0.1, 0.15) is 17.2 Å². The average Bonchev–Trinajstić information content (AvgIpc) is 2.51. The molecule has 2 aromatic carbocycles. The Morgan fingerprint density at radius 3 is 2.55 bits per heavy atom. The number of phenolic OH excluding ortho intramolecular Hbond substituents is 2. The summed E-state index contributed by atoms with van der Waals surface area (Å²) in [6.45, 7) is 0. The van der Waals surface area contributed by atoms with Crippen molar-refractivity contribution in [2.24, 2.45) is 5.10 Å². The maximum atomic E-state index is 11.7. The second-order valence-corrected chi connectivity index (χ2v) is 4.56. The van der Waals surface area contributed by atoms with Crippen molar-refractivity contribution in [1.82, 2.24) is 5.43 Å². The van der Waals surface area contributed by atoms with Crippen molar-refractivity contribution in [3.05, 3.63) is 53.6 Å². The molecule has 0 unspecified atom stereocenters. The highest BCUT2D eigenvalue weighted by Crippen LogP contribution is 2.22. The summed E-state index contributed by atoms with van der Waals surface area (Å²) in [6.07, 6.45) is 1.59. The fraction of sp³-hybridized carbons (Fsp3) is 0.125. The third-order valence-electron chi connectivity index (χ3n) is 2.91. The Hall–Kier alpha value is -3.02. The second-order valence-electron chi connectivity index (χ2n) is 4.56. The summed E-state index contributed by atoms with van der Waals surface area (Å²) in [5, 5.41) is 22.4. The molecule has 6 heteroatoms. The zero-order valence-electron chi connectivity index (χ0n) is 12.0. The molecular weight excluding hydrogens is 284 g/mol. The number of carbonyl (C=O) groups is 1. The number of carbonyl (C=O) groups excluding carboxylic acids is 1. The van der Waals surface area contributed by atoms with Crippen molar-refractivity contribution >= 4 is 12.1 Å². The molecule has 0 saturated carbocycles. The van der Waals surface area contributed by atoms with Crippen molar-refractivity contribution in [1.29, 1.82) is 0 Å². The number of benzene rings is 2. The SMILES string of the molecule is COc1cc(O)ccc1C=NNC(=O)Cc1ccc(O)cc1. The van der Waals surface area contributed by atoms with Gasteiger partial charge in [-0.05, 0) is 29.8 Å². The van der Waals surface area contributed by atoms with Gasteiger partial charge in [0.25, 0.3) is 0 Å². The van der Waals surface area contributed by atoms with Gasteiger partial charge >= 0.3 is 0 Å². The standard InChI is InChI=1S/C16H16N2O4/c1-22-15-9-14(20)7-4-12(15)10-17-18-16(21)8-11-2-5-13(19)6-3-11/h2-7,9-10,19-20H,8H2,1H3,(H,18,21). The Morgan fingerprint density at radius 2 is 1.86 bits per heavy atom. The van der Waals surface area contributed by atoms with Crippen LogP contribution in [0.25, 0.3) is 0 Å². The molecule has 3 N–H and O–H groups in total. The van der Waals surface area contributed by atoms with Crippen LogP contribution in [0.1, 0.15) is 11.1 Å². The van der Waals surface area contributed by atoms with Gasteiger partial charge in [0.05, 0.1) is 19.7 Å². The largest absolute Gasteiger partial charge is 0.508 e. The fourth-order valence-electron chi connectivity index (χ4n) is 1.82. The third-order valence-corrected chi connectivity index (χ3v) is 2.91. The molecular formula is C16H16N2O4. The van der Waals surface area contributed by atoms with Crippen LogP contribution < -0.4 is 10.2 Å². The van der Waals surface area contributed by atoms with Crippen LogP contribution in [-0.4, -0.2) is 29.4 Å². The molecule has 2 rings (SSSR count). The predicted molar refractivity (Wildman–Crippen MR) is 82.2 cm³/mol. The molecule has 0 aliphatic carbocycles. The minimum atomic E-state index is -0.278. The summed E-state index contributed by atoms with van der Waals surface area (Å²) in [7, 11) is 1.48. The lowest BCUT2D eigenvalue weighted by atomic mass is 10.1. The smallest absolute Gasteiger partial charge is 0.244 e. The summed E-state index contributed by atoms with van der Waals surface area (Å²) >= 11 is 0. The number of nitrogens with zero attached hydrogens (tertiary/aromatic N) is 1. The molecule has 1 amide bonds. The van der Waals surface area contributed by atoms with Gasteiger partial charge in [0, 0.05) is 11.6 Å². The normalized spacial score (nSPS) is 10.6. The Kier molecular flexibility index (Phi) is 4.98. The Labute approximate surface area is 127 Å². The number of phenols is 2. The number of nitrogens with one attached hydrogen (secondary N) is 1. The summed E-state index contributed by atoms with van der Waals surface area (Å²) in [5.41, 5.74) is 3.81. The minimum absolute atomic E-state index is 0.0883. The number of hydrogen-bond donors (Lipinski definition) is 3. The van der Waals surface area contributed by atoms with E-state index in [0.29, 0.717) is 11.3 Å². The molecule has 0 spiro atoms. The molecule has 0 aliphatic rings. The summed E-state index contributed by atoms with van der Waals surface area (Å²) in [4.78, 5) is 11.7. The molecule has 114 valence electrons. The average molecular weight is 300 g/mol. The third kappa shape index (κ3) is 4.24. The zero-order chi connectivity index (χ0) is 15.9. The first kappa shape index (κ1) is 15.4. The highest BCUT2D eigenvalue weighted by atomic mass is 16.5. The number of rotatable bonds is 5. The number of hydrogen-bond acceptors (Lipinski definition) is 5. The van der Waals surface area contributed by atoms with Crippen LogP contribution in [0.4, 0.5) is 0 Å². The van der Waals surface area contributed by atoms with Gasteiger partial charge in [-0.1, -0.05) is 12.1 Å². The van der Waals surface area contributed by atoms with Crippen LogP contribution in [0.15, 0.2) is 47.6 Å². The van der Waals surface area contributed by atoms with Crippen molar-refractivity contribution in [2.45, 2.75) is 6.42 Å². The summed E-state index contributed by atoms with van der Waals surface area (Å²) in [5.74, 6) is 0.420. The molecule has 0 aromatic heterocycles. The predicted octanol–water partition coefficient (Wildman–Crippen LogP) is 1.80. The Bertz CT molecular complexity index is 681. The van der Waals surface area contributed by atoms with Crippen molar-refractivity contribution in [3.63, 3.8) is 0 Å². The Balaban J connectivity index is 1.94. The highest BCUT2D eigenvalue weighted by Gasteiger charge is 2.04. The lowest BCUT2D eigenvalue weighted by Crippen LogP contribution is -2.19. The first-order chi connectivity index (χ1) is 10.6. The van der Waals surface area contributed by atoms with Gasteiger partial charge in [0.2, 0.25) is 5.91 Å². The van der Waals surface area contributed by atoms with E-state index in [1.54, 1.807) is 18.2 Å². The van der Waals surface area contributed by atoms with Crippen LogP contribution in [-0.2, 0) is 11.2 Å². The Morgan fingerprint density at radius 1 is 1.18 bits per heavy atom. The van der Waals surface area contributed by atoms with E-state index in [1.165, 1.54) is 37.6 Å². The quantitative estimate of drug-likeness (QED) is 0.580. The maximum Gasteiger partial charge on any atom is 0.244 e. The highest BCUT2D eigenvalue weighted by molar-refractivity contribution is 5.86. The van der Waals surface area contributed by atoms with Gasteiger partial charge < -0.3 is 14.9 Å². The van der Waals surface area contributed by atoms with Gasteiger partial charge in [-0.2, -0.15) is 5.10 Å². The maximum absolute atomic E-state index is 11.7. The van der Waals surface area contributed by atoms with Crippen molar-refractivity contribution in [3.8, 4) is 17.2 Å². The minimum Gasteiger partial charge on any atom is -0.508 e. The van der Waals surface area contributed by atoms with Crippen LogP contribution >= 0.6 is 0 Å². The summed E-state index contributed by atoms with van der Waals surface area (Å²) < 4.78 is 5.10. The second kappa shape index (κ2) is 7.12. The molecule has 2 aromatic rings. The van der Waals surface area contributed by atoms with E-state index in [-0.39, 0.29) is 23.8 Å². The molecule has 0 atom stereocenters. The van der Waals surface area contributed by atoms with Gasteiger partial charge in [0.15, 0.2) is 0 Å². The molecule has 6 nitrogen and oxygen atoms in total. The van der Waals surface area contributed by atoms with Crippen LogP contribution in [0, 0.1) is 0 Å². The molecule has 0 radical (unpaired) electrons. The van der Waals surface area contributed by atoms with E-state index in [4.69, 9.17) is 4.74 Å². The van der Waals surface area contributed by atoms with E-state index in [9.17, 15) is 15.0 Å². The molecule has 0 saturated heterocycles. The van der Waals surface area contributed by atoms with Crippen LogP contribution in [0.2, 0.25) is 0 Å². The van der Waals surface area contributed by atoms with Crippen molar-refractivity contribution in [2.75, 3.05) is 7.11 Å². The van der Waals surface area contributed by atoms with Crippen LogP contribution in [0.3, 0.4) is 0 Å². The monoisotopic (exact) mass is 300 g/mol. The number of hydrazone groups is 1. The number of amides is 1. The molecule has 0 aliphatic heterocycles. The van der Waals surface area contributed by atoms with E-state index in [0.717, 1.165) is 5.56 Å². The zero-order valence-corrected chi connectivity index (χ0v) is 12.0. The number of methoxy groups -OCH3 is 1. The molecule has 22 heavy (non-hydrogen) atoms. The van der Waals surface area contributed by atoms with Crippen LogP contribution in [0.5, 0.6) is 17.2 Å². The van der Waals surface area contributed by atoms with E-state index < -0.39 is 0 Å². The van der Waals surface area contributed by atoms with E-state index in [1.807, 2.05) is 0 Å². The molecule has 0 heterocycles. The lowest BCUT2D eigenvalue weighted by molar-refractivity contribution is -0.120. The molecule has 0 fully saturated rings. The lowest BCUT2D eigenvalue weighted by Gasteiger charge is -2.05. The summed E-state index contributed by atoms with van der Waals surface area (Å²) in [6, 6.07) is 11.0. The van der Waals surface area contributed by atoms with Gasteiger partial charge in [-0.3, -0.25) is 4.79 Å². The van der Waals surface area contributed by atoms with E-state index in [2.05, 4.69) is 10.5 Å². The topological polar surface area (TPSA) is 91.2 Å². The van der Waals surface area contributed by atoms with Gasteiger partial charge in [-0.25, -0.2) is 5.43 Å². The van der Waals surface area contributed by atoms with E-state index >= 15 is 0 Å². The fourth-order valence-corrected chi connectivity index (χ4v) is 1.82. The first-order valence-corrected chi connectivity index (χ1v) is 6.55. The number of aromatic hydroxyl groups is 2. The van der Waals surface area contributed by atoms with Gasteiger partial charge in [-0.15, -0.1) is 0 Å². The first-order valence-electron chi connectivity index (χ1n) is 6.55.